The van der Waals surface area contributed by atoms with Crippen molar-refractivity contribution >= 4 is 34.7 Å². The molecule has 1 heterocycles. The van der Waals surface area contributed by atoms with E-state index >= 15 is 0 Å². The highest BCUT2D eigenvalue weighted by molar-refractivity contribution is 6.51. The summed E-state index contributed by atoms with van der Waals surface area (Å²) >= 11 is 6.19. The molecule has 1 aliphatic rings. The van der Waals surface area contributed by atoms with Crippen LogP contribution in [0.1, 0.15) is 33.9 Å². The molecule has 1 aliphatic heterocycles. The number of halogens is 1. The van der Waals surface area contributed by atoms with Gasteiger partial charge in [0.1, 0.15) is 17.3 Å². The maximum absolute atomic E-state index is 13.4. The lowest BCUT2D eigenvalue weighted by Crippen LogP contribution is -2.29. The molecule has 0 bridgehead atoms. The van der Waals surface area contributed by atoms with Crippen LogP contribution in [-0.2, 0) is 9.59 Å². The summed E-state index contributed by atoms with van der Waals surface area (Å²) in [5, 5.41) is 21.4. The molecular weight excluding hydrogens is 454 g/mol. The van der Waals surface area contributed by atoms with Gasteiger partial charge in [0, 0.05) is 5.69 Å². The number of aliphatic hydroxyl groups is 1. The van der Waals surface area contributed by atoms with Crippen LogP contribution < -0.4 is 9.64 Å². The standard InChI is InChI=1S/C27H24ClNO5/c1-14-5-8-22(34-4)19(12-14)25(31)23-24(17-6-7-21(30)20(28)13-17)29(27(33)26(23)32)18-10-15(2)9-16(3)11-18/h5-13,24,30-31H,1-4H3/b25-23+. The monoisotopic (exact) mass is 477 g/mol. The zero-order valence-corrected chi connectivity index (χ0v) is 20.0. The number of hydrogen-bond donors (Lipinski definition) is 2. The van der Waals surface area contributed by atoms with Crippen LogP contribution in [0.2, 0.25) is 5.02 Å². The quantitative estimate of drug-likeness (QED) is 0.290. The Hall–Kier alpha value is -3.77. The van der Waals surface area contributed by atoms with Gasteiger partial charge in [-0.3, -0.25) is 14.5 Å². The number of benzene rings is 3. The number of Topliss-reactive ketones (excluding diaryl/α,β-unsaturated/α-hetero) is 1. The van der Waals surface area contributed by atoms with E-state index in [1.807, 2.05) is 32.9 Å². The average Bonchev–Trinajstić information content (AvgIpc) is 3.05. The van der Waals surface area contributed by atoms with E-state index in [1.54, 1.807) is 30.3 Å². The van der Waals surface area contributed by atoms with Gasteiger partial charge in [-0.05, 0) is 73.9 Å². The van der Waals surface area contributed by atoms with E-state index in [4.69, 9.17) is 16.3 Å². The van der Waals surface area contributed by atoms with Gasteiger partial charge in [-0.1, -0.05) is 35.4 Å². The van der Waals surface area contributed by atoms with Crippen molar-refractivity contribution in [2.75, 3.05) is 12.0 Å². The van der Waals surface area contributed by atoms with E-state index < -0.39 is 17.7 Å². The van der Waals surface area contributed by atoms with Gasteiger partial charge in [0.15, 0.2) is 0 Å². The van der Waals surface area contributed by atoms with Crippen molar-refractivity contribution in [2.24, 2.45) is 0 Å². The normalized spacial score (nSPS) is 17.3. The van der Waals surface area contributed by atoms with Crippen molar-refractivity contribution in [1.29, 1.82) is 0 Å². The molecule has 6 nitrogen and oxygen atoms in total. The number of methoxy groups -OCH3 is 1. The molecule has 1 saturated heterocycles. The molecule has 7 heteroatoms. The molecule has 3 aromatic rings. The predicted octanol–water partition coefficient (Wildman–Crippen LogP) is 5.61. The van der Waals surface area contributed by atoms with Crippen molar-refractivity contribution in [3.8, 4) is 11.5 Å². The molecule has 0 aromatic heterocycles. The molecule has 0 spiro atoms. The summed E-state index contributed by atoms with van der Waals surface area (Å²) in [5.41, 5.74) is 3.87. The number of rotatable bonds is 4. The van der Waals surface area contributed by atoms with Gasteiger partial charge >= 0.3 is 0 Å². The second-order valence-corrected chi connectivity index (χ2v) is 8.84. The first-order chi connectivity index (χ1) is 16.1. The number of ether oxygens (including phenoxy) is 1. The number of carbonyl (C=O) groups is 2. The Balaban J connectivity index is 2.03. The SMILES string of the molecule is COc1ccc(C)cc1/C(O)=C1\C(=O)C(=O)N(c2cc(C)cc(C)c2)C1c1ccc(O)c(Cl)c1. The fourth-order valence-corrected chi connectivity index (χ4v) is 4.54. The third kappa shape index (κ3) is 4.01. The van der Waals surface area contributed by atoms with Crippen LogP contribution in [0, 0.1) is 20.8 Å². The summed E-state index contributed by atoms with van der Waals surface area (Å²) < 4.78 is 5.40. The van der Waals surface area contributed by atoms with Crippen molar-refractivity contribution in [3.05, 3.63) is 93.0 Å². The molecule has 1 unspecified atom stereocenters. The summed E-state index contributed by atoms with van der Waals surface area (Å²) in [6, 6.07) is 14.3. The molecule has 4 rings (SSSR count). The van der Waals surface area contributed by atoms with Crippen molar-refractivity contribution in [2.45, 2.75) is 26.8 Å². The predicted molar refractivity (Wildman–Crippen MR) is 132 cm³/mol. The number of hydrogen-bond acceptors (Lipinski definition) is 5. The number of amides is 1. The highest BCUT2D eigenvalue weighted by atomic mass is 35.5. The first-order valence-corrected chi connectivity index (χ1v) is 11.0. The van der Waals surface area contributed by atoms with Gasteiger partial charge in [-0.2, -0.15) is 0 Å². The van der Waals surface area contributed by atoms with E-state index in [9.17, 15) is 19.8 Å². The zero-order valence-electron chi connectivity index (χ0n) is 19.2. The van der Waals surface area contributed by atoms with Gasteiger partial charge < -0.3 is 14.9 Å². The molecule has 1 atom stereocenters. The largest absolute Gasteiger partial charge is 0.507 e. The molecule has 0 saturated carbocycles. The highest BCUT2D eigenvalue weighted by Gasteiger charge is 2.47. The van der Waals surface area contributed by atoms with Crippen molar-refractivity contribution in [3.63, 3.8) is 0 Å². The van der Waals surface area contributed by atoms with Gasteiger partial charge in [0.25, 0.3) is 11.7 Å². The Bertz CT molecular complexity index is 1340. The smallest absolute Gasteiger partial charge is 0.300 e. The van der Waals surface area contributed by atoms with Crippen LogP contribution in [0.25, 0.3) is 5.76 Å². The Morgan fingerprint density at radius 1 is 0.941 bits per heavy atom. The van der Waals surface area contributed by atoms with Crippen LogP contribution >= 0.6 is 11.6 Å². The third-order valence-electron chi connectivity index (χ3n) is 5.83. The minimum atomic E-state index is -0.968. The van der Waals surface area contributed by atoms with E-state index in [0.717, 1.165) is 16.7 Å². The molecule has 1 amide bonds. The van der Waals surface area contributed by atoms with Crippen molar-refractivity contribution < 1.29 is 24.5 Å². The Morgan fingerprint density at radius 2 is 1.62 bits per heavy atom. The number of phenols is 1. The second kappa shape index (κ2) is 8.88. The lowest BCUT2D eigenvalue weighted by atomic mass is 9.94. The number of anilines is 1. The van der Waals surface area contributed by atoms with Gasteiger partial charge in [-0.15, -0.1) is 0 Å². The number of nitrogens with zero attached hydrogens (tertiary/aromatic N) is 1. The van der Waals surface area contributed by atoms with Gasteiger partial charge in [0.2, 0.25) is 0 Å². The van der Waals surface area contributed by atoms with E-state index in [-0.39, 0.29) is 22.1 Å². The Morgan fingerprint density at radius 3 is 2.24 bits per heavy atom. The first kappa shape index (κ1) is 23.4. The Labute approximate surface area is 202 Å². The molecular formula is C27H24ClNO5. The van der Waals surface area contributed by atoms with Crippen LogP contribution in [-0.4, -0.2) is 29.0 Å². The number of aromatic hydroxyl groups is 1. The van der Waals surface area contributed by atoms with Crippen molar-refractivity contribution in [1.82, 2.24) is 0 Å². The summed E-state index contributed by atoms with van der Waals surface area (Å²) in [6.45, 7) is 5.65. The number of carbonyl (C=O) groups excluding carboxylic acids is 2. The van der Waals surface area contributed by atoms with E-state index in [0.29, 0.717) is 22.6 Å². The van der Waals surface area contributed by atoms with Crippen LogP contribution in [0.3, 0.4) is 0 Å². The van der Waals surface area contributed by atoms with Crippen LogP contribution in [0.5, 0.6) is 11.5 Å². The lowest BCUT2D eigenvalue weighted by molar-refractivity contribution is -0.132. The minimum Gasteiger partial charge on any atom is -0.507 e. The molecule has 3 aromatic carbocycles. The minimum absolute atomic E-state index is 0.0663. The van der Waals surface area contributed by atoms with E-state index in [2.05, 4.69) is 0 Å². The summed E-state index contributed by atoms with van der Waals surface area (Å²) in [5.74, 6) is -1.71. The highest BCUT2D eigenvalue weighted by Crippen LogP contribution is 2.44. The number of phenolic OH excluding ortho intramolecular Hbond substituents is 1. The fraction of sp³-hybridized carbons (Fsp3) is 0.185. The number of aryl methyl sites for hydroxylation is 3. The topological polar surface area (TPSA) is 87.1 Å². The number of ketones is 1. The fourth-order valence-electron chi connectivity index (χ4n) is 4.35. The first-order valence-electron chi connectivity index (χ1n) is 10.6. The maximum Gasteiger partial charge on any atom is 0.300 e. The Kier molecular flexibility index (Phi) is 6.11. The molecule has 1 fully saturated rings. The molecule has 2 N–H and O–H groups in total. The second-order valence-electron chi connectivity index (χ2n) is 8.43. The van der Waals surface area contributed by atoms with Crippen LogP contribution in [0.15, 0.2) is 60.2 Å². The van der Waals surface area contributed by atoms with Gasteiger partial charge in [0.05, 0.1) is 29.3 Å². The zero-order chi connectivity index (χ0) is 24.7. The number of aliphatic hydroxyl groups excluding tert-OH is 1. The molecule has 0 radical (unpaired) electrons. The maximum atomic E-state index is 13.4. The summed E-state index contributed by atoms with van der Waals surface area (Å²) in [6.07, 6.45) is 0. The lowest BCUT2D eigenvalue weighted by Gasteiger charge is -2.26. The molecule has 0 aliphatic carbocycles. The van der Waals surface area contributed by atoms with Crippen LogP contribution in [0.4, 0.5) is 5.69 Å². The van der Waals surface area contributed by atoms with E-state index in [1.165, 1.54) is 24.1 Å². The molecule has 174 valence electrons. The average molecular weight is 478 g/mol. The third-order valence-corrected chi connectivity index (χ3v) is 6.13. The summed E-state index contributed by atoms with van der Waals surface area (Å²) in [4.78, 5) is 28.1. The summed E-state index contributed by atoms with van der Waals surface area (Å²) in [7, 11) is 1.47. The van der Waals surface area contributed by atoms with Gasteiger partial charge in [-0.25, -0.2) is 0 Å². The molecule has 34 heavy (non-hydrogen) atoms.